The van der Waals surface area contributed by atoms with Crippen molar-refractivity contribution in [2.24, 2.45) is 0 Å². The SMILES string of the molecule is Cc1ncoc1C(=O)N1CC(Cl)CC1C. The number of aromatic nitrogens is 1. The zero-order valence-corrected chi connectivity index (χ0v) is 9.49. The van der Waals surface area contributed by atoms with Crippen LogP contribution >= 0.6 is 11.6 Å². The minimum atomic E-state index is -0.111. The Morgan fingerprint density at radius 1 is 1.73 bits per heavy atom. The van der Waals surface area contributed by atoms with Crippen LogP contribution in [-0.4, -0.2) is 33.8 Å². The average molecular weight is 229 g/mol. The first-order chi connectivity index (χ1) is 7.09. The summed E-state index contributed by atoms with van der Waals surface area (Å²) < 4.78 is 5.08. The van der Waals surface area contributed by atoms with E-state index in [0.29, 0.717) is 18.0 Å². The molecule has 1 fully saturated rings. The molecule has 0 aromatic carbocycles. The Morgan fingerprint density at radius 3 is 2.93 bits per heavy atom. The second-order valence-electron chi connectivity index (χ2n) is 3.91. The van der Waals surface area contributed by atoms with Crippen LogP contribution in [0.15, 0.2) is 10.8 Å². The van der Waals surface area contributed by atoms with Gasteiger partial charge in [-0.25, -0.2) is 4.98 Å². The van der Waals surface area contributed by atoms with Crippen LogP contribution in [0.1, 0.15) is 29.6 Å². The molecule has 0 aliphatic carbocycles. The molecule has 1 aliphatic rings. The molecule has 2 heterocycles. The van der Waals surface area contributed by atoms with E-state index in [4.69, 9.17) is 16.0 Å². The maximum atomic E-state index is 12.0. The standard InChI is InChI=1S/C10H13ClN2O2/c1-6-3-8(11)4-13(6)10(14)9-7(2)12-5-15-9/h5-6,8H,3-4H2,1-2H3. The van der Waals surface area contributed by atoms with Gasteiger partial charge in [0.1, 0.15) is 0 Å². The highest BCUT2D eigenvalue weighted by atomic mass is 35.5. The quantitative estimate of drug-likeness (QED) is 0.689. The van der Waals surface area contributed by atoms with Crippen molar-refractivity contribution in [3.63, 3.8) is 0 Å². The summed E-state index contributed by atoms with van der Waals surface area (Å²) in [5.74, 6) is 0.216. The van der Waals surface area contributed by atoms with Crippen molar-refractivity contribution in [3.8, 4) is 0 Å². The summed E-state index contributed by atoms with van der Waals surface area (Å²) in [6.07, 6.45) is 2.13. The predicted octanol–water partition coefficient (Wildman–Crippen LogP) is 1.82. The highest BCUT2D eigenvalue weighted by Gasteiger charge is 2.33. The van der Waals surface area contributed by atoms with Crippen LogP contribution in [0.3, 0.4) is 0 Å². The molecule has 2 atom stereocenters. The Morgan fingerprint density at radius 2 is 2.47 bits per heavy atom. The minimum absolute atomic E-state index is 0.0483. The number of amides is 1. The van der Waals surface area contributed by atoms with Gasteiger partial charge in [0, 0.05) is 12.6 Å². The van der Waals surface area contributed by atoms with E-state index in [9.17, 15) is 4.79 Å². The second kappa shape index (κ2) is 3.85. The largest absolute Gasteiger partial charge is 0.438 e. The van der Waals surface area contributed by atoms with Gasteiger partial charge in [-0.3, -0.25) is 4.79 Å². The number of oxazole rings is 1. The van der Waals surface area contributed by atoms with E-state index < -0.39 is 0 Å². The van der Waals surface area contributed by atoms with Crippen molar-refractivity contribution in [1.29, 1.82) is 0 Å². The maximum absolute atomic E-state index is 12.0. The van der Waals surface area contributed by atoms with E-state index in [2.05, 4.69) is 4.98 Å². The zero-order chi connectivity index (χ0) is 11.0. The number of carbonyl (C=O) groups excluding carboxylic acids is 1. The van der Waals surface area contributed by atoms with E-state index in [0.717, 1.165) is 6.42 Å². The van der Waals surface area contributed by atoms with Gasteiger partial charge >= 0.3 is 0 Å². The lowest BCUT2D eigenvalue weighted by Gasteiger charge is -2.19. The number of halogens is 1. The van der Waals surface area contributed by atoms with Crippen molar-refractivity contribution in [1.82, 2.24) is 9.88 Å². The molecule has 1 aliphatic heterocycles. The van der Waals surface area contributed by atoms with Crippen molar-refractivity contribution in [2.45, 2.75) is 31.7 Å². The molecule has 1 saturated heterocycles. The fourth-order valence-electron chi connectivity index (χ4n) is 1.89. The van der Waals surface area contributed by atoms with Crippen LogP contribution in [0, 0.1) is 6.92 Å². The van der Waals surface area contributed by atoms with Crippen LogP contribution in [0.25, 0.3) is 0 Å². The molecule has 0 spiro atoms. The number of carbonyl (C=O) groups is 1. The normalized spacial score (nSPS) is 25.9. The lowest BCUT2D eigenvalue weighted by Crippen LogP contribution is -2.34. The minimum Gasteiger partial charge on any atom is -0.438 e. The summed E-state index contributed by atoms with van der Waals surface area (Å²) in [7, 11) is 0. The summed E-state index contributed by atoms with van der Waals surface area (Å²) in [5.41, 5.74) is 0.630. The van der Waals surface area contributed by atoms with Crippen molar-refractivity contribution < 1.29 is 9.21 Å². The molecule has 0 bridgehead atoms. The Balaban J connectivity index is 2.19. The Kier molecular flexibility index (Phi) is 2.69. The Bertz CT molecular complexity index is 377. The highest BCUT2D eigenvalue weighted by Crippen LogP contribution is 2.24. The Hall–Kier alpha value is -1.03. The van der Waals surface area contributed by atoms with E-state index in [-0.39, 0.29) is 17.3 Å². The number of alkyl halides is 1. The number of nitrogens with zero attached hydrogens (tertiary/aromatic N) is 2. The molecule has 2 unspecified atom stereocenters. The van der Waals surface area contributed by atoms with Crippen LogP contribution in [0.5, 0.6) is 0 Å². The zero-order valence-electron chi connectivity index (χ0n) is 8.74. The molecule has 82 valence electrons. The molecule has 0 radical (unpaired) electrons. The fraction of sp³-hybridized carbons (Fsp3) is 0.600. The van der Waals surface area contributed by atoms with Gasteiger partial charge in [-0.15, -0.1) is 11.6 Å². The number of aryl methyl sites for hydroxylation is 1. The van der Waals surface area contributed by atoms with Crippen LogP contribution in [0.2, 0.25) is 0 Å². The van der Waals surface area contributed by atoms with E-state index in [1.165, 1.54) is 6.39 Å². The first-order valence-corrected chi connectivity index (χ1v) is 5.38. The third-order valence-electron chi connectivity index (χ3n) is 2.72. The van der Waals surface area contributed by atoms with Crippen molar-refractivity contribution in [2.75, 3.05) is 6.54 Å². The summed E-state index contributed by atoms with van der Waals surface area (Å²) in [5, 5.41) is 0.0483. The molecule has 5 heteroatoms. The molecule has 0 N–H and O–H groups in total. The number of rotatable bonds is 1. The van der Waals surface area contributed by atoms with Gasteiger partial charge in [-0.2, -0.15) is 0 Å². The van der Waals surface area contributed by atoms with Crippen LogP contribution < -0.4 is 0 Å². The van der Waals surface area contributed by atoms with Gasteiger partial charge in [0.05, 0.1) is 11.1 Å². The van der Waals surface area contributed by atoms with Gasteiger partial charge < -0.3 is 9.32 Å². The van der Waals surface area contributed by atoms with Gasteiger partial charge in [0.25, 0.3) is 5.91 Å². The summed E-state index contributed by atoms with van der Waals surface area (Å²) >= 11 is 6.01. The smallest absolute Gasteiger partial charge is 0.291 e. The van der Waals surface area contributed by atoms with E-state index in [1.54, 1.807) is 11.8 Å². The lowest BCUT2D eigenvalue weighted by molar-refractivity contribution is 0.0714. The van der Waals surface area contributed by atoms with Gasteiger partial charge in [0.2, 0.25) is 5.76 Å². The molecule has 1 aromatic rings. The fourth-order valence-corrected chi connectivity index (χ4v) is 2.29. The average Bonchev–Trinajstić information content (AvgIpc) is 2.71. The van der Waals surface area contributed by atoms with E-state index >= 15 is 0 Å². The third-order valence-corrected chi connectivity index (χ3v) is 3.04. The topological polar surface area (TPSA) is 46.3 Å². The van der Waals surface area contributed by atoms with Gasteiger partial charge in [-0.05, 0) is 20.3 Å². The van der Waals surface area contributed by atoms with Crippen molar-refractivity contribution >= 4 is 17.5 Å². The van der Waals surface area contributed by atoms with Crippen LogP contribution in [0.4, 0.5) is 0 Å². The lowest BCUT2D eigenvalue weighted by atomic mass is 10.2. The second-order valence-corrected chi connectivity index (χ2v) is 4.52. The van der Waals surface area contributed by atoms with Gasteiger partial charge in [0.15, 0.2) is 6.39 Å². The molecule has 2 rings (SSSR count). The number of hydrogen-bond acceptors (Lipinski definition) is 3. The summed E-state index contributed by atoms with van der Waals surface area (Å²) in [6, 6.07) is 0.171. The van der Waals surface area contributed by atoms with Gasteiger partial charge in [-0.1, -0.05) is 0 Å². The molecular formula is C10H13ClN2O2. The van der Waals surface area contributed by atoms with Crippen LogP contribution in [-0.2, 0) is 0 Å². The predicted molar refractivity (Wildman–Crippen MR) is 56.0 cm³/mol. The first kappa shape index (κ1) is 10.5. The molecule has 4 nitrogen and oxygen atoms in total. The highest BCUT2D eigenvalue weighted by molar-refractivity contribution is 6.21. The number of likely N-dealkylation sites (tertiary alicyclic amines) is 1. The van der Waals surface area contributed by atoms with Crippen molar-refractivity contribution in [3.05, 3.63) is 17.8 Å². The van der Waals surface area contributed by atoms with E-state index in [1.807, 2.05) is 6.92 Å². The Labute approximate surface area is 93.2 Å². The third kappa shape index (κ3) is 1.86. The summed E-state index contributed by atoms with van der Waals surface area (Å²) in [6.45, 7) is 4.34. The molecule has 1 aromatic heterocycles. The molecule has 1 amide bonds. The monoisotopic (exact) mass is 228 g/mol. The number of hydrogen-bond donors (Lipinski definition) is 0. The summed E-state index contributed by atoms with van der Waals surface area (Å²) in [4.78, 5) is 17.7. The molecular weight excluding hydrogens is 216 g/mol. The first-order valence-electron chi connectivity index (χ1n) is 4.94. The molecule has 0 saturated carbocycles. The maximum Gasteiger partial charge on any atom is 0.291 e. The molecule has 15 heavy (non-hydrogen) atoms.